The number of nitrogen functional groups attached to an aromatic ring is 1. The van der Waals surface area contributed by atoms with Gasteiger partial charge in [-0.15, -0.1) is 0 Å². The Hall–Kier alpha value is -2.43. The van der Waals surface area contributed by atoms with Gasteiger partial charge in [0.25, 0.3) is 5.91 Å². The second-order valence-corrected chi connectivity index (χ2v) is 4.61. The van der Waals surface area contributed by atoms with Gasteiger partial charge in [-0.1, -0.05) is 6.07 Å². The van der Waals surface area contributed by atoms with E-state index in [0.717, 1.165) is 12.1 Å². The van der Waals surface area contributed by atoms with Crippen LogP contribution in [0.25, 0.3) is 0 Å². The molecule has 5 heteroatoms. The Balaban J connectivity index is 2.32. The summed E-state index contributed by atoms with van der Waals surface area (Å²) in [5.74, 6) is -1.79. The highest BCUT2D eigenvalue weighted by Crippen LogP contribution is 2.21. The normalized spacial score (nSPS) is 10.4. The van der Waals surface area contributed by atoms with Crippen molar-refractivity contribution in [2.75, 3.05) is 11.1 Å². The molecule has 0 aromatic heterocycles. The lowest BCUT2D eigenvalue weighted by molar-refractivity contribution is 0.102. The van der Waals surface area contributed by atoms with Gasteiger partial charge < -0.3 is 11.1 Å². The van der Waals surface area contributed by atoms with Gasteiger partial charge in [0, 0.05) is 17.3 Å². The first-order valence-corrected chi connectivity index (χ1v) is 6.01. The Morgan fingerprint density at radius 3 is 2.45 bits per heavy atom. The molecule has 0 spiro atoms. The van der Waals surface area contributed by atoms with Crippen LogP contribution in [0.15, 0.2) is 30.3 Å². The standard InChI is InChI=1S/C15H14F2N2O/c1-8-3-4-10(18)6-11(8)15(20)19-14-7-12(16)9(2)5-13(14)17/h3-7H,18H2,1-2H3,(H,19,20). The number of carbonyl (C=O) groups is 1. The number of halogens is 2. The van der Waals surface area contributed by atoms with Crippen LogP contribution in [0.5, 0.6) is 0 Å². The monoisotopic (exact) mass is 276 g/mol. The molecular weight excluding hydrogens is 262 g/mol. The molecule has 3 nitrogen and oxygen atoms in total. The molecule has 20 heavy (non-hydrogen) atoms. The van der Waals surface area contributed by atoms with E-state index in [0.29, 0.717) is 16.8 Å². The molecule has 0 saturated heterocycles. The van der Waals surface area contributed by atoms with Crippen LogP contribution in [-0.2, 0) is 0 Å². The first-order valence-electron chi connectivity index (χ1n) is 6.01. The first-order chi connectivity index (χ1) is 9.38. The van der Waals surface area contributed by atoms with Gasteiger partial charge in [0.05, 0.1) is 5.69 Å². The SMILES string of the molecule is Cc1cc(F)c(NC(=O)c2cc(N)ccc2C)cc1F. The van der Waals surface area contributed by atoms with E-state index >= 15 is 0 Å². The molecule has 1 amide bonds. The third-order valence-corrected chi connectivity index (χ3v) is 3.00. The van der Waals surface area contributed by atoms with Crippen LogP contribution < -0.4 is 11.1 Å². The number of anilines is 2. The zero-order chi connectivity index (χ0) is 14.9. The highest BCUT2D eigenvalue weighted by molar-refractivity contribution is 6.05. The summed E-state index contributed by atoms with van der Waals surface area (Å²) in [5.41, 5.74) is 7.06. The maximum absolute atomic E-state index is 13.7. The molecule has 0 aliphatic rings. The van der Waals surface area contributed by atoms with E-state index in [1.54, 1.807) is 19.1 Å². The zero-order valence-electron chi connectivity index (χ0n) is 11.1. The van der Waals surface area contributed by atoms with E-state index in [4.69, 9.17) is 5.73 Å². The van der Waals surface area contributed by atoms with E-state index in [1.807, 2.05) is 0 Å². The van der Waals surface area contributed by atoms with Gasteiger partial charge in [0.1, 0.15) is 11.6 Å². The summed E-state index contributed by atoms with van der Waals surface area (Å²) in [7, 11) is 0. The molecule has 2 aromatic carbocycles. The maximum atomic E-state index is 13.7. The fourth-order valence-corrected chi connectivity index (χ4v) is 1.82. The quantitative estimate of drug-likeness (QED) is 0.826. The van der Waals surface area contributed by atoms with Crippen molar-refractivity contribution in [3.63, 3.8) is 0 Å². The largest absolute Gasteiger partial charge is 0.399 e. The van der Waals surface area contributed by atoms with Crippen LogP contribution in [0, 0.1) is 25.5 Å². The summed E-state index contributed by atoms with van der Waals surface area (Å²) in [6.07, 6.45) is 0. The van der Waals surface area contributed by atoms with Gasteiger partial charge in [0.15, 0.2) is 0 Å². The predicted octanol–water partition coefficient (Wildman–Crippen LogP) is 3.42. The van der Waals surface area contributed by atoms with Gasteiger partial charge in [-0.2, -0.15) is 0 Å². The van der Waals surface area contributed by atoms with Crippen LogP contribution in [0.4, 0.5) is 20.2 Å². The van der Waals surface area contributed by atoms with Crippen molar-refractivity contribution in [3.05, 3.63) is 58.7 Å². The molecule has 104 valence electrons. The summed E-state index contributed by atoms with van der Waals surface area (Å²) in [6, 6.07) is 6.85. The summed E-state index contributed by atoms with van der Waals surface area (Å²) < 4.78 is 27.1. The fraction of sp³-hybridized carbons (Fsp3) is 0.133. The van der Waals surface area contributed by atoms with Gasteiger partial charge in [-0.05, 0) is 43.2 Å². The minimum Gasteiger partial charge on any atom is -0.399 e. The molecule has 0 atom stereocenters. The van der Waals surface area contributed by atoms with Crippen molar-refractivity contribution in [1.29, 1.82) is 0 Å². The van der Waals surface area contributed by atoms with E-state index in [2.05, 4.69) is 5.32 Å². The average Bonchev–Trinajstić information content (AvgIpc) is 2.38. The molecule has 0 radical (unpaired) electrons. The van der Waals surface area contributed by atoms with E-state index in [9.17, 15) is 13.6 Å². The number of nitrogens with one attached hydrogen (secondary N) is 1. The second kappa shape index (κ2) is 5.28. The third kappa shape index (κ3) is 2.77. The van der Waals surface area contributed by atoms with Crippen LogP contribution in [0.1, 0.15) is 21.5 Å². The Labute approximate surface area is 115 Å². The Morgan fingerprint density at radius 1 is 1.05 bits per heavy atom. The molecular formula is C15H14F2N2O. The topological polar surface area (TPSA) is 55.1 Å². The smallest absolute Gasteiger partial charge is 0.256 e. The molecule has 0 fully saturated rings. The number of rotatable bonds is 2. The first kappa shape index (κ1) is 14.0. The molecule has 0 unspecified atom stereocenters. The summed E-state index contributed by atoms with van der Waals surface area (Å²) in [5, 5.41) is 2.35. The van der Waals surface area contributed by atoms with Crippen molar-refractivity contribution in [1.82, 2.24) is 0 Å². The summed E-state index contributed by atoms with van der Waals surface area (Å²) in [6.45, 7) is 3.19. The minimum absolute atomic E-state index is 0.181. The number of carbonyl (C=O) groups excluding carboxylic acids is 1. The zero-order valence-corrected chi connectivity index (χ0v) is 11.1. The Morgan fingerprint density at radius 2 is 1.75 bits per heavy atom. The van der Waals surface area contributed by atoms with E-state index < -0.39 is 17.5 Å². The van der Waals surface area contributed by atoms with Gasteiger partial charge in [0.2, 0.25) is 0 Å². The van der Waals surface area contributed by atoms with Gasteiger partial charge in [-0.3, -0.25) is 4.79 Å². The number of aryl methyl sites for hydroxylation is 2. The number of hydrogen-bond donors (Lipinski definition) is 2. The molecule has 3 N–H and O–H groups in total. The fourth-order valence-electron chi connectivity index (χ4n) is 1.82. The third-order valence-electron chi connectivity index (χ3n) is 3.00. The minimum atomic E-state index is -0.682. The highest BCUT2D eigenvalue weighted by Gasteiger charge is 2.14. The molecule has 2 aromatic rings. The second-order valence-electron chi connectivity index (χ2n) is 4.61. The van der Waals surface area contributed by atoms with Gasteiger partial charge >= 0.3 is 0 Å². The lowest BCUT2D eigenvalue weighted by Gasteiger charge is -2.10. The number of amides is 1. The Bertz CT molecular complexity index is 684. The Kier molecular flexibility index (Phi) is 3.70. The van der Waals surface area contributed by atoms with Crippen molar-refractivity contribution < 1.29 is 13.6 Å². The summed E-state index contributed by atoms with van der Waals surface area (Å²) in [4.78, 5) is 12.1. The van der Waals surface area contributed by atoms with E-state index in [1.165, 1.54) is 13.0 Å². The van der Waals surface area contributed by atoms with Crippen LogP contribution in [0.3, 0.4) is 0 Å². The molecule has 0 bridgehead atoms. The van der Waals surface area contributed by atoms with Crippen LogP contribution >= 0.6 is 0 Å². The van der Waals surface area contributed by atoms with Crippen LogP contribution in [-0.4, -0.2) is 5.91 Å². The summed E-state index contributed by atoms with van der Waals surface area (Å²) >= 11 is 0. The van der Waals surface area contributed by atoms with Gasteiger partial charge in [-0.25, -0.2) is 8.78 Å². The molecule has 2 rings (SSSR count). The number of nitrogens with two attached hydrogens (primary N) is 1. The van der Waals surface area contributed by atoms with Crippen molar-refractivity contribution >= 4 is 17.3 Å². The highest BCUT2D eigenvalue weighted by atomic mass is 19.1. The molecule has 0 aliphatic heterocycles. The number of hydrogen-bond acceptors (Lipinski definition) is 2. The van der Waals surface area contributed by atoms with Crippen molar-refractivity contribution in [2.45, 2.75) is 13.8 Å². The maximum Gasteiger partial charge on any atom is 0.256 e. The van der Waals surface area contributed by atoms with Crippen LogP contribution in [0.2, 0.25) is 0 Å². The predicted molar refractivity (Wildman–Crippen MR) is 74.6 cm³/mol. The number of benzene rings is 2. The molecule has 0 heterocycles. The van der Waals surface area contributed by atoms with E-state index in [-0.39, 0.29) is 11.3 Å². The molecule has 0 saturated carbocycles. The molecule has 0 aliphatic carbocycles. The van der Waals surface area contributed by atoms with Crippen molar-refractivity contribution in [3.8, 4) is 0 Å². The average molecular weight is 276 g/mol. The lowest BCUT2D eigenvalue weighted by atomic mass is 10.1. The lowest BCUT2D eigenvalue weighted by Crippen LogP contribution is -2.15. The van der Waals surface area contributed by atoms with Crippen molar-refractivity contribution in [2.24, 2.45) is 0 Å².